The highest BCUT2D eigenvalue weighted by atomic mass is 16.3. The van der Waals surface area contributed by atoms with Gasteiger partial charge in [0, 0.05) is 43.7 Å². The van der Waals surface area contributed by atoms with Gasteiger partial charge in [-0.15, -0.1) is 0 Å². The summed E-state index contributed by atoms with van der Waals surface area (Å²) in [5, 5.41) is 13.4. The molecular formula is C22H27N3O. The van der Waals surface area contributed by atoms with Crippen molar-refractivity contribution in [3.05, 3.63) is 84.4 Å². The monoisotopic (exact) mass is 349 g/mol. The summed E-state index contributed by atoms with van der Waals surface area (Å²) in [5.74, 6) is 0.249. The van der Waals surface area contributed by atoms with Crippen LogP contribution in [0, 0.1) is 5.41 Å². The molecule has 1 heterocycles. The maximum atomic E-state index is 9.83. The van der Waals surface area contributed by atoms with E-state index in [0.717, 1.165) is 18.8 Å². The summed E-state index contributed by atoms with van der Waals surface area (Å²) in [6, 6.07) is 18.9. The lowest BCUT2D eigenvalue weighted by molar-refractivity contribution is 0.129. The molecule has 1 aromatic heterocycles. The molecule has 2 aromatic carbocycles. The first-order chi connectivity index (χ1) is 12.6. The van der Waals surface area contributed by atoms with Gasteiger partial charge in [-0.25, -0.2) is 4.98 Å². The summed E-state index contributed by atoms with van der Waals surface area (Å²) in [6.45, 7) is 6.02. The minimum Gasteiger partial charge on any atom is -0.396 e. The van der Waals surface area contributed by atoms with Gasteiger partial charge in [-0.1, -0.05) is 56.3 Å². The van der Waals surface area contributed by atoms with E-state index >= 15 is 0 Å². The number of aromatic nitrogens is 2. The van der Waals surface area contributed by atoms with E-state index in [0.29, 0.717) is 0 Å². The number of hydrogen-bond donors (Lipinski definition) is 2. The number of imidazole rings is 1. The third-order valence-electron chi connectivity index (χ3n) is 4.97. The van der Waals surface area contributed by atoms with Gasteiger partial charge in [0.15, 0.2) is 0 Å². The summed E-state index contributed by atoms with van der Waals surface area (Å²) in [7, 11) is 0. The van der Waals surface area contributed by atoms with Crippen molar-refractivity contribution in [3.63, 3.8) is 0 Å². The van der Waals surface area contributed by atoms with Gasteiger partial charge < -0.3 is 15.0 Å². The molecule has 0 amide bonds. The van der Waals surface area contributed by atoms with Crippen molar-refractivity contribution in [1.82, 2.24) is 14.9 Å². The van der Waals surface area contributed by atoms with E-state index in [9.17, 15) is 5.11 Å². The summed E-state index contributed by atoms with van der Waals surface area (Å²) >= 11 is 0. The molecule has 0 aliphatic rings. The van der Waals surface area contributed by atoms with Crippen molar-refractivity contribution in [2.24, 2.45) is 5.41 Å². The zero-order valence-electron chi connectivity index (χ0n) is 15.5. The van der Waals surface area contributed by atoms with E-state index < -0.39 is 0 Å². The third kappa shape index (κ3) is 4.40. The first kappa shape index (κ1) is 18.4. The summed E-state index contributed by atoms with van der Waals surface area (Å²) in [6.07, 6.45) is 5.52. The largest absolute Gasteiger partial charge is 0.396 e. The normalized spacial score (nSPS) is 12.9. The molecule has 136 valence electrons. The molecule has 0 bridgehead atoms. The molecule has 0 saturated carbocycles. The number of aliphatic hydroxyl groups excluding tert-OH is 1. The van der Waals surface area contributed by atoms with Gasteiger partial charge in [-0.2, -0.15) is 0 Å². The first-order valence-corrected chi connectivity index (χ1v) is 9.04. The van der Waals surface area contributed by atoms with Crippen molar-refractivity contribution in [2.45, 2.75) is 26.3 Å². The number of nitrogens with zero attached hydrogens (tertiary/aromatic N) is 2. The average molecular weight is 349 g/mol. The fourth-order valence-electron chi connectivity index (χ4n) is 3.20. The second kappa shape index (κ2) is 8.30. The fraction of sp³-hybridized carbons (Fsp3) is 0.318. The minimum atomic E-state index is -0.181. The highest BCUT2D eigenvalue weighted by Gasteiger charge is 2.29. The number of benzene rings is 2. The number of aliphatic hydroxyl groups is 1. The maximum Gasteiger partial charge on any atom is 0.0991 e. The minimum absolute atomic E-state index is 0.161. The molecule has 0 aliphatic carbocycles. The first-order valence-electron chi connectivity index (χ1n) is 9.04. The van der Waals surface area contributed by atoms with E-state index in [1.54, 1.807) is 12.5 Å². The summed E-state index contributed by atoms with van der Waals surface area (Å²) in [4.78, 5) is 4.08. The van der Waals surface area contributed by atoms with Crippen LogP contribution in [0.3, 0.4) is 0 Å². The van der Waals surface area contributed by atoms with Crippen LogP contribution in [0.2, 0.25) is 0 Å². The van der Waals surface area contributed by atoms with Gasteiger partial charge in [-0.3, -0.25) is 0 Å². The van der Waals surface area contributed by atoms with Crippen molar-refractivity contribution < 1.29 is 5.11 Å². The van der Waals surface area contributed by atoms with E-state index in [2.05, 4.69) is 72.7 Å². The Morgan fingerprint density at radius 2 is 1.81 bits per heavy atom. The average Bonchev–Trinajstić information content (AvgIpc) is 3.21. The Morgan fingerprint density at radius 1 is 1.08 bits per heavy atom. The van der Waals surface area contributed by atoms with E-state index in [1.165, 1.54) is 11.1 Å². The van der Waals surface area contributed by atoms with Crippen LogP contribution in [0.5, 0.6) is 0 Å². The summed E-state index contributed by atoms with van der Waals surface area (Å²) < 4.78 is 1.99. The van der Waals surface area contributed by atoms with E-state index in [-0.39, 0.29) is 17.9 Å². The highest BCUT2D eigenvalue weighted by Crippen LogP contribution is 2.34. The van der Waals surface area contributed by atoms with Gasteiger partial charge in [0.1, 0.15) is 0 Å². The van der Waals surface area contributed by atoms with Crippen LogP contribution >= 0.6 is 0 Å². The molecule has 1 atom stereocenters. The molecule has 2 N–H and O–H groups in total. The zero-order valence-corrected chi connectivity index (χ0v) is 15.5. The van der Waals surface area contributed by atoms with Crippen LogP contribution in [0.4, 0.5) is 0 Å². The molecule has 0 saturated heterocycles. The Balaban J connectivity index is 1.63. The van der Waals surface area contributed by atoms with Crippen LogP contribution in [0.15, 0.2) is 73.3 Å². The topological polar surface area (TPSA) is 50.1 Å². The summed E-state index contributed by atoms with van der Waals surface area (Å²) in [5.41, 5.74) is 3.42. The van der Waals surface area contributed by atoms with Gasteiger partial charge >= 0.3 is 0 Å². The van der Waals surface area contributed by atoms with E-state index in [4.69, 9.17) is 0 Å². The second-order valence-electron chi connectivity index (χ2n) is 7.38. The molecule has 0 spiro atoms. The molecule has 26 heavy (non-hydrogen) atoms. The molecule has 0 radical (unpaired) electrons. The number of nitrogens with one attached hydrogen (secondary N) is 1. The Labute approximate surface area is 155 Å². The lowest BCUT2D eigenvalue weighted by Gasteiger charge is -2.33. The van der Waals surface area contributed by atoms with Crippen LogP contribution in [0.25, 0.3) is 5.69 Å². The number of hydrogen-bond acceptors (Lipinski definition) is 3. The lowest BCUT2D eigenvalue weighted by Crippen LogP contribution is -2.34. The molecule has 4 heteroatoms. The van der Waals surface area contributed by atoms with Gasteiger partial charge in [0.2, 0.25) is 0 Å². The van der Waals surface area contributed by atoms with Crippen molar-refractivity contribution in [1.29, 1.82) is 0 Å². The molecule has 3 aromatic rings. The predicted molar refractivity (Wildman–Crippen MR) is 105 cm³/mol. The third-order valence-corrected chi connectivity index (χ3v) is 4.97. The quantitative estimate of drug-likeness (QED) is 0.651. The Hall–Kier alpha value is -2.43. The zero-order chi connectivity index (χ0) is 18.4. The van der Waals surface area contributed by atoms with Gasteiger partial charge in [0.25, 0.3) is 0 Å². The van der Waals surface area contributed by atoms with E-state index in [1.807, 2.05) is 16.8 Å². The number of rotatable bonds is 8. The Morgan fingerprint density at radius 3 is 2.42 bits per heavy atom. The second-order valence-corrected chi connectivity index (χ2v) is 7.38. The Kier molecular flexibility index (Phi) is 5.86. The SMILES string of the molecule is CC(C)(CO)C(CNCc1ccc(-n2ccnc2)cc1)c1ccccc1. The van der Waals surface area contributed by atoms with Crippen LogP contribution < -0.4 is 5.32 Å². The predicted octanol–water partition coefficient (Wildman–Crippen LogP) is 3.76. The van der Waals surface area contributed by atoms with Crippen molar-refractivity contribution in [3.8, 4) is 5.69 Å². The molecule has 1 unspecified atom stereocenters. The maximum absolute atomic E-state index is 9.83. The van der Waals surface area contributed by atoms with Gasteiger partial charge in [0.05, 0.1) is 6.33 Å². The smallest absolute Gasteiger partial charge is 0.0991 e. The van der Waals surface area contributed by atoms with Crippen LogP contribution in [-0.2, 0) is 6.54 Å². The lowest BCUT2D eigenvalue weighted by atomic mass is 9.75. The van der Waals surface area contributed by atoms with Crippen molar-refractivity contribution >= 4 is 0 Å². The molecule has 0 fully saturated rings. The molecule has 0 aliphatic heterocycles. The van der Waals surface area contributed by atoms with Crippen LogP contribution in [-0.4, -0.2) is 27.8 Å². The molecule has 4 nitrogen and oxygen atoms in total. The van der Waals surface area contributed by atoms with Crippen molar-refractivity contribution in [2.75, 3.05) is 13.2 Å². The highest BCUT2D eigenvalue weighted by molar-refractivity contribution is 5.34. The Bertz CT molecular complexity index is 780. The standard InChI is InChI=1S/C22H27N3O/c1-22(2,16-26)21(19-6-4-3-5-7-19)15-24-14-18-8-10-20(11-9-18)25-13-12-23-17-25/h3-13,17,21,24,26H,14-16H2,1-2H3. The van der Waals surface area contributed by atoms with Crippen LogP contribution in [0.1, 0.15) is 30.9 Å². The fourth-order valence-corrected chi connectivity index (χ4v) is 3.20. The molecule has 3 rings (SSSR count). The van der Waals surface area contributed by atoms with Gasteiger partial charge in [-0.05, 0) is 28.7 Å². The molecular weight excluding hydrogens is 322 g/mol.